The van der Waals surface area contributed by atoms with Gasteiger partial charge in [-0.2, -0.15) is 4.91 Å². The van der Waals surface area contributed by atoms with Gasteiger partial charge in [-0.1, -0.05) is 32.0 Å². The zero-order valence-electron chi connectivity index (χ0n) is 17.9. The Morgan fingerprint density at radius 1 is 1.13 bits per heavy atom. The Kier molecular flexibility index (Phi) is 4.32. The van der Waals surface area contributed by atoms with E-state index in [1.807, 2.05) is 36.4 Å². The number of nitrogens with zero attached hydrogens (tertiary/aromatic N) is 1. The molecule has 1 aliphatic carbocycles. The van der Waals surface area contributed by atoms with Crippen molar-refractivity contribution in [3.63, 3.8) is 0 Å². The van der Waals surface area contributed by atoms with Gasteiger partial charge < -0.3 is 19.8 Å². The van der Waals surface area contributed by atoms with Crippen LogP contribution in [0.1, 0.15) is 50.4 Å². The van der Waals surface area contributed by atoms with Crippen molar-refractivity contribution in [3.8, 4) is 11.5 Å². The highest BCUT2D eigenvalue weighted by Gasteiger charge is 2.51. The average molecular weight is 419 g/mol. The minimum absolute atomic E-state index is 0.0349. The van der Waals surface area contributed by atoms with E-state index >= 15 is 0 Å². The lowest BCUT2D eigenvalue weighted by Gasteiger charge is -2.18. The van der Waals surface area contributed by atoms with Crippen LogP contribution >= 0.6 is 0 Å². The lowest BCUT2D eigenvalue weighted by molar-refractivity contribution is -0.118. The molecule has 0 spiro atoms. The first-order chi connectivity index (χ1) is 14.8. The topological polar surface area (TPSA) is 92.8 Å². The molecule has 2 N–H and O–H groups in total. The fraction of sp³-hybridized carbons (Fsp3) is 0.375. The van der Waals surface area contributed by atoms with Crippen LogP contribution in [0.3, 0.4) is 0 Å². The molecular weight excluding hydrogens is 394 g/mol. The maximum atomic E-state index is 13.2. The predicted octanol–water partition coefficient (Wildman–Crippen LogP) is 5.13. The summed E-state index contributed by atoms with van der Waals surface area (Å²) in [5.41, 5.74) is 3.75. The van der Waals surface area contributed by atoms with Crippen LogP contribution in [0.5, 0.6) is 11.5 Å². The van der Waals surface area contributed by atoms with Gasteiger partial charge in [-0.25, -0.2) is 0 Å². The Bertz CT molecular complexity index is 1200. The number of hydrogen-bond acceptors (Lipinski definition) is 5. The van der Waals surface area contributed by atoms with Gasteiger partial charge in [-0.15, -0.1) is 0 Å². The van der Waals surface area contributed by atoms with Crippen LogP contribution in [-0.4, -0.2) is 17.7 Å². The van der Waals surface area contributed by atoms with E-state index in [4.69, 9.17) is 9.47 Å². The van der Waals surface area contributed by atoms with E-state index in [0.29, 0.717) is 17.2 Å². The monoisotopic (exact) mass is 419 g/mol. The summed E-state index contributed by atoms with van der Waals surface area (Å²) < 4.78 is 10.9. The molecule has 7 nitrogen and oxygen atoms in total. The first-order valence-electron chi connectivity index (χ1n) is 10.5. The third-order valence-corrected chi connectivity index (χ3v) is 6.25. The lowest BCUT2D eigenvalue weighted by Crippen LogP contribution is -2.27. The Morgan fingerprint density at radius 2 is 1.90 bits per heavy atom. The van der Waals surface area contributed by atoms with Gasteiger partial charge in [0.25, 0.3) is 0 Å². The number of rotatable bonds is 5. The maximum absolute atomic E-state index is 13.2. The van der Waals surface area contributed by atoms with Crippen LogP contribution < -0.4 is 14.8 Å². The van der Waals surface area contributed by atoms with Crippen LogP contribution in [0.15, 0.2) is 41.6 Å². The number of aromatic amines is 1. The van der Waals surface area contributed by atoms with E-state index in [-0.39, 0.29) is 24.7 Å². The number of H-pyrrole nitrogens is 1. The molecule has 7 heteroatoms. The number of fused-ring (bicyclic) bond motifs is 2. The van der Waals surface area contributed by atoms with Crippen molar-refractivity contribution in [1.29, 1.82) is 0 Å². The minimum Gasteiger partial charge on any atom is -0.454 e. The van der Waals surface area contributed by atoms with Gasteiger partial charge in [0.05, 0.1) is 5.41 Å². The Labute approximate surface area is 180 Å². The quantitative estimate of drug-likeness (QED) is 0.561. The number of nitroso groups, excluding NO2 is 1. The van der Waals surface area contributed by atoms with Gasteiger partial charge in [0.1, 0.15) is 6.54 Å². The predicted molar refractivity (Wildman–Crippen MR) is 119 cm³/mol. The second kappa shape index (κ2) is 6.83. The molecule has 3 aromatic rings. The third kappa shape index (κ3) is 3.24. The van der Waals surface area contributed by atoms with Gasteiger partial charge in [0.2, 0.25) is 12.7 Å². The van der Waals surface area contributed by atoms with Crippen LogP contribution in [0.2, 0.25) is 0 Å². The first-order valence-corrected chi connectivity index (χ1v) is 10.5. The standard InChI is InChI=1S/C24H25N3O4/c1-23(2,3)21-17(12-25-29)16-11-15(5-6-18(16)27-21)26-22(28)24(8-9-24)14-4-7-19-20(10-14)31-13-30-19/h4-7,10-11,27H,8-9,12-13H2,1-3H3,(H,26,28). The number of anilines is 1. The van der Waals surface area contributed by atoms with E-state index in [1.54, 1.807) is 0 Å². The minimum atomic E-state index is -0.544. The number of amides is 1. The third-order valence-electron chi connectivity index (χ3n) is 6.25. The second-order valence-electron chi connectivity index (χ2n) is 9.38. The highest BCUT2D eigenvalue weighted by atomic mass is 16.7. The molecule has 31 heavy (non-hydrogen) atoms. The van der Waals surface area contributed by atoms with Crippen molar-refractivity contribution >= 4 is 22.5 Å². The molecule has 1 saturated carbocycles. The van der Waals surface area contributed by atoms with Gasteiger partial charge in [0.15, 0.2) is 11.5 Å². The highest BCUT2D eigenvalue weighted by Crippen LogP contribution is 2.51. The summed E-state index contributed by atoms with van der Waals surface area (Å²) >= 11 is 0. The largest absolute Gasteiger partial charge is 0.454 e. The molecule has 1 aromatic heterocycles. The van der Waals surface area contributed by atoms with Crippen molar-refractivity contribution in [2.75, 3.05) is 12.1 Å². The van der Waals surface area contributed by atoms with Crippen LogP contribution in [0, 0.1) is 4.91 Å². The van der Waals surface area contributed by atoms with Gasteiger partial charge in [0, 0.05) is 33.3 Å². The summed E-state index contributed by atoms with van der Waals surface area (Å²) in [7, 11) is 0. The number of carbonyl (C=O) groups is 1. The molecule has 0 radical (unpaired) electrons. The second-order valence-corrected chi connectivity index (χ2v) is 9.38. The Balaban J connectivity index is 1.45. The van der Waals surface area contributed by atoms with Crippen molar-refractivity contribution < 1.29 is 14.3 Å². The summed E-state index contributed by atoms with van der Waals surface area (Å²) in [6, 6.07) is 11.5. The van der Waals surface area contributed by atoms with Crippen LogP contribution in [0.25, 0.3) is 10.9 Å². The number of benzene rings is 2. The smallest absolute Gasteiger partial charge is 0.235 e. The fourth-order valence-corrected chi connectivity index (χ4v) is 4.41. The molecule has 0 bridgehead atoms. The fourth-order valence-electron chi connectivity index (χ4n) is 4.41. The van der Waals surface area contributed by atoms with E-state index in [9.17, 15) is 9.70 Å². The van der Waals surface area contributed by atoms with Gasteiger partial charge in [-0.05, 0) is 48.7 Å². The van der Waals surface area contributed by atoms with Crippen molar-refractivity contribution in [2.45, 2.75) is 51.0 Å². The number of ether oxygens (including phenoxy) is 2. The molecule has 5 rings (SSSR count). The Hall–Kier alpha value is -3.35. The Morgan fingerprint density at radius 3 is 2.61 bits per heavy atom. The molecular formula is C24H25N3O4. The molecule has 160 valence electrons. The number of nitrogens with one attached hydrogen (secondary N) is 2. The summed E-state index contributed by atoms with van der Waals surface area (Å²) in [6.07, 6.45) is 1.58. The average Bonchev–Trinajstić information content (AvgIpc) is 3.27. The van der Waals surface area contributed by atoms with Crippen LogP contribution in [0.4, 0.5) is 5.69 Å². The summed E-state index contributed by atoms with van der Waals surface area (Å²) in [5, 5.41) is 7.13. The zero-order valence-corrected chi connectivity index (χ0v) is 17.9. The van der Waals surface area contributed by atoms with E-state index in [0.717, 1.165) is 40.6 Å². The van der Waals surface area contributed by atoms with E-state index in [2.05, 4.69) is 36.2 Å². The molecule has 1 fully saturated rings. The van der Waals surface area contributed by atoms with Crippen molar-refractivity contribution in [3.05, 3.63) is 58.1 Å². The van der Waals surface area contributed by atoms with Crippen molar-refractivity contribution in [2.24, 2.45) is 5.18 Å². The number of aromatic nitrogens is 1. The SMILES string of the molecule is CC(C)(C)c1[nH]c2ccc(NC(=O)C3(c4ccc5c(c4)OCO5)CC3)cc2c1CN=O. The number of hydrogen-bond donors (Lipinski definition) is 2. The molecule has 0 atom stereocenters. The maximum Gasteiger partial charge on any atom is 0.235 e. The summed E-state index contributed by atoms with van der Waals surface area (Å²) in [4.78, 5) is 27.8. The normalized spacial score (nSPS) is 16.4. The molecule has 2 aliphatic rings. The molecule has 2 aromatic carbocycles. The van der Waals surface area contributed by atoms with E-state index in [1.165, 1.54) is 0 Å². The summed E-state index contributed by atoms with van der Waals surface area (Å²) in [6.45, 7) is 6.58. The lowest BCUT2D eigenvalue weighted by atomic mass is 9.89. The zero-order chi connectivity index (χ0) is 21.8. The molecule has 0 saturated heterocycles. The molecule has 1 amide bonds. The van der Waals surface area contributed by atoms with Crippen molar-refractivity contribution in [1.82, 2.24) is 4.98 Å². The van der Waals surface area contributed by atoms with Crippen LogP contribution in [-0.2, 0) is 22.2 Å². The molecule has 1 aliphatic heterocycles. The number of carbonyl (C=O) groups excluding carboxylic acids is 1. The molecule has 0 unspecified atom stereocenters. The van der Waals surface area contributed by atoms with Gasteiger partial charge in [-0.3, -0.25) is 4.79 Å². The molecule has 2 heterocycles. The van der Waals surface area contributed by atoms with E-state index < -0.39 is 5.41 Å². The first kappa shape index (κ1) is 19.6. The highest BCUT2D eigenvalue weighted by molar-refractivity contribution is 6.03. The summed E-state index contributed by atoms with van der Waals surface area (Å²) in [5.74, 6) is 1.36. The van der Waals surface area contributed by atoms with Gasteiger partial charge >= 0.3 is 0 Å².